The van der Waals surface area contributed by atoms with Crippen LogP contribution in [0, 0.1) is 0 Å². The van der Waals surface area contributed by atoms with Gasteiger partial charge in [0, 0.05) is 0 Å². The van der Waals surface area contributed by atoms with E-state index in [0.717, 1.165) is 0 Å². The van der Waals surface area contributed by atoms with Crippen molar-refractivity contribution < 1.29 is 13.0 Å². The van der Waals surface area contributed by atoms with Crippen molar-refractivity contribution in [3.05, 3.63) is 0 Å². The molecule has 12 heavy (non-hydrogen) atoms. The molecule has 1 fully saturated rings. The molecular formula is C5H13NO3S3. The Morgan fingerprint density at radius 2 is 1.67 bits per heavy atom. The Balaban J connectivity index is 0.000000202. The zero-order chi connectivity index (χ0) is 9.45. The quantitative estimate of drug-likeness (QED) is 0.358. The monoisotopic (exact) mass is 231 g/mol. The fourth-order valence-corrected chi connectivity index (χ4v) is 0.802. The Kier molecular flexibility index (Phi) is 7.35. The number of hydrogen-bond acceptors (Lipinski definition) is 5. The van der Waals surface area contributed by atoms with Gasteiger partial charge in [-0.15, -0.1) is 0 Å². The van der Waals surface area contributed by atoms with Gasteiger partial charge in [0.1, 0.15) is 0 Å². The van der Waals surface area contributed by atoms with E-state index in [0.29, 0.717) is 0 Å². The van der Waals surface area contributed by atoms with Gasteiger partial charge in [0.05, 0.1) is 9.83 Å². The van der Waals surface area contributed by atoms with E-state index >= 15 is 0 Å². The molecule has 74 valence electrons. The maximum atomic E-state index is 9.44. The fourth-order valence-electron chi connectivity index (χ4n) is 0.802. The molecule has 0 atom stereocenters. The van der Waals surface area contributed by atoms with Crippen LogP contribution in [0.15, 0.2) is 0 Å². The Morgan fingerprint density at radius 3 is 1.75 bits per heavy atom. The van der Waals surface area contributed by atoms with Crippen molar-refractivity contribution in [2.75, 3.05) is 13.1 Å². The molecule has 0 aromatic carbocycles. The van der Waals surface area contributed by atoms with Crippen molar-refractivity contribution in [2.24, 2.45) is 0 Å². The van der Waals surface area contributed by atoms with Crippen molar-refractivity contribution in [1.82, 2.24) is 5.32 Å². The van der Waals surface area contributed by atoms with Crippen LogP contribution in [-0.4, -0.2) is 26.1 Å². The Hall–Kier alpha value is 0.570. The Morgan fingerprint density at radius 1 is 1.25 bits per heavy atom. The molecule has 1 aliphatic rings. The van der Waals surface area contributed by atoms with Crippen LogP contribution >= 0.6 is 21.5 Å². The van der Waals surface area contributed by atoms with Crippen LogP contribution in [0.3, 0.4) is 0 Å². The van der Waals surface area contributed by atoms with E-state index < -0.39 is 9.15 Å². The zero-order valence-electron chi connectivity index (χ0n) is 6.56. The maximum Gasteiger partial charge on any atom is 0.329 e. The van der Waals surface area contributed by atoms with Crippen LogP contribution in [0.2, 0.25) is 0 Å². The van der Waals surface area contributed by atoms with Crippen molar-refractivity contribution in [2.45, 2.75) is 19.3 Å². The molecule has 0 saturated carbocycles. The standard InChI is InChI=1S/C5H11N.H2O3S3/c1-2-4-6-5-3-1;1-6(2,3)5-4/h6H,1-5H2;4H,(H,1,2,3). The first-order valence-corrected chi connectivity index (χ1v) is 7.40. The topological polar surface area (TPSA) is 66.4 Å². The number of hydrogen-bond donors (Lipinski definition) is 3. The summed E-state index contributed by atoms with van der Waals surface area (Å²) in [5.74, 6) is 0. The molecule has 0 unspecified atom stereocenters. The van der Waals surface area contributed by atoms with Crippen molar-refractivity contribution in [1.29, 1.82) is 0 Å². The summed E-state index contributed by atoms with van der Waals surface area (Å²) in [7, 11) is -3.78. The normalized spacial score (nSPS) is 17.8. The summed E-state index contributed by atoms with van der Waals surface area (Å²) in [6, 6.07) is 0. The van der Waals surface area contributed by atoms with E-state index in [1.165, 1.54) is 32.4 Å². The van der Waals surface area contributed by atoms with Gasteiger partial charge in [0.15, 0.2) is 0 Å². The minimum Gasteiger partial charge on any atom is -0.317 e. The zero-order valence-corrected chi connectivity index (χ0v) is 9.09. The number of nitrogens with one attached hydrogen (secondary N) is 1. The molecule has 0 aliphatic carbocycles. The molecule has 1 heterocycles. The summed E-state index contributed by atoms with van der Waals surface area (Å²) in [5.41, 5.74) is 0. The Bertz CT molecular complexity index is 177. The van der Waals surface area contributed by atoms with E-state index in [1.54, 1.807) is 0 Å². The molecule has 7 heteroatoms. The summed E-state index contributed by atoms with van der Waals surface area (Å²) in [6.45, 7) is 2.50. The average Bonchev–Trinajstić information content (AvgIpc) is 2.07. The Labute approximate surface area is 81.5 Å². The highest BCUT2D eigenvalue weighted by Crippen LogP contribution is 2.11. The molecule has 1 rings (SSSR count). The van der Waals surface area contributed by atoms with E-state index in [4.69, 9.17) is 4.55 Å². The van der Waals surface area contributed by atoms with Crippen LogP contribution in [0.25, 0.3) is 0 Å². The van der Waals surface area contributed by atoms with Crippen molar-refractivity contribution >= 4 is 30.6 Å². The van der Waals surface area contributed by atoms with Crippen LogP contribution in [-0.2, 0) is 9.15 Å². The van der Waals surface area contributed by atoms with Gasteiger partial charge in [-0.1, -0.05) is 18.1 Å². The summed E-state index contributed by atoms with van der Waals surface area (Å²) in [6.07, 6.45) is 4.22. The minimum absolute atomic E-state index is 0.104. The van der Waals surface area contributed by atoms with Crippen molar-refractivity contribution in [3.8, 4) is 0 Å². The summed E-state index contributed by atoms with van der Waals surface area (Å²) < 4.78 is 26.6. The average molecular weight is 231 g/mol. The highest BCUT2D eigenvalue weighted by molar-refractivity contribution is 9.01. The second kappa shape index (κ2) is 7.02. The third-order valence-corrected chi connectivity index (χ3v) is 3.75. The lowest BCUT2D eigenvalue weighted by atomic mass is 10.2. The van der Waals surface area contributed by atoms with Gasteiger partial charge in [-0.3, -0.25) is 4.55 Å². The van der Waals surface area contributed by atoms with E-state index in [1.807, 2.05) is 0 Å². The molecule has 0 amide bonds. The molecule has 0 bridgehead atoms. The molecule has 0 aromatic rings. The van der Waals surface area contributed by atoms with Gasteiger partial charge in [-0.25, -0.2) is 0 Å². The lowest BCUT2D eigenvalue weighted by Crippen LogP contribution is -2.21. The second-order valence-electron chi connectivity index (χ2n) is 2.31. The van der Waals surface area contributed by atoms with Gasteiger partial charge in [0.2, 0.25) is 0 Å². The molecular weight excluding hydrogens is 218 g/mol. The highest BCUT2D eigenvalue weighted by Gasteiger charge is 1.96. The predicted molar refractivity (Wildman–Crippen MR) is 54.8 cm³/mol. The predicted octanol–water partition coefficient (Wildman–Crippen LogP) is 1.13. The first-order valence-electron chi connectivity index (χ1n) is 3.57. The number of rotatable bonds is 1. The van der Waals surface area contributed by atoms with Crippen LogP contribution in [0.5, 0.6) is 0 Å². The van der Waals surface area contributed by atoms with Gasteiger partial charge in [-0.05, 0) is 25.9 Å². The summed E-state index contributed by atoms with van der Waals surface area (Å²) in [5, 5.41) is 3.28. The van der Waals surface area contributed by atoms with Gasteiger partial charge in [0.25, 0.3) is 0 Å². The van der Waals surface area contributed by atoms with Gasteiger partial charge < -0.3 is 5.32 Å². The third kappa shape index (κ3) is 10.6. The molecule has 4 nitrogen and oxygen atoms in total. The van der Waals surface area contributed by atoms with Gasteiger partial charge >= 0.3 is 9.15 Å². The maximum absolute atomic E-state index is 9.44. The van der Waals surface area contributed by atoms with Gasteiger partial charge in [-0.2, -0.15) is 8.42 Å². The van der Waals surface area contributed by atoms with Crippen LogP contribution < -0.4 is 5.32 Å². The molecule has 0 aromatic heterocycles. The third-order valence-electron chi connectivity index (χ3n) is 1.30. The molecule has 2 N–H and O–H groups in total. The summed E-state index contributed by atoms with van der Waals surface area (Å²) >= 11 is 3.18. The second-order valence-corrected chi connectivity index (χ2v) is 6.37. The minimum atomic E-state index is -3.88. The number of piperidine rings is 1. The first-order chi connectivity index (χ1) is 5.56. The lowest BCUT2D eigenvalue weighted by molar-refractivity contribution is 0.503. The van der Waals surface area contributed by atoms with E-state index in [2.05, 4.69) is 17.0 Å². The first kappa shape index (κ1) is 12.6. The van der Waals surface area contributed by atoms with Crippen molar-refractivity contribution in [3.63, 3.8) is 0 Å². The lowest BCUT2D eigenvalue weighted by Gasteiger charge is -2.08. The molecule has 0 spiro atoms. The SMILES string of the molecule is C1CCNCC1.O=S(=O)(O)SS. The van der Waals surface area contributed by atoms with E-state index in [9.17, 15) is 8.42 Å². The largest absolute Gasteiger partial charge is 0.329 e. The number of thiol groups is 1. The highest BCUT2D eigenvalue weighted by atomic mass is 33.5. The van der Waals surface area contributed by atoms with Crippen LogP contribution in [0.1, 0.15) is 19.3 Å². The van der Waals surface area contributed by atoms with Crippen LogP contribution in [0.4, 0.5) is 0 Å². The molecule has 1 saturated heterocycles. The molecule has 1 aliphatic heterocycles. The summed E-state index contributed by atoms with van der Waals surface area (Å²) in [4.78, 5) is 0. The van der Waals surface area contributed by atoms with E-state index in [-0.39, 0.29) is 9.83 Å². The smallest absolute Gasteiger partial charge is 0.317 e. The molecule has 0 radical (unpaired) electrons. The fraction of sp³-hybridized carbons (Fsp3) is 1.00.